The number of amides is 1. The van der Waals surface area contributed by atoms with E-state index in [1.807, 2.05) is 43.3 Å². The second kappa shape index (κ2) is 8.96. The van der Waals surface area contributed by atoms with Gasteiger partial charge in [0.15, 0.2) is 0 Å². The molecule has 1 N–H and O–H groups in total. The zero-order valence-corrected chi connectivity index (χ0v) is 14.5. The van der Waals surface area contributed by atoms with Gasteiger partial charge in [-0.05, 0) is 42.7 Å². The second-order valence-corrected chi connectivity index (χ2v) is 6.03. The summed E-state index contributed by atoms with van der Waals surface area (Å²) in [5.41, 5.74) is 1.23. The normalized spacial score (nSPS) is 10.5. The van der Waals surface area contributed by atoms with Gasteiger partial charge in [0.25, 0.3) is 5.91 Å². The topological polar surface area (TPSA) is 47.6 Å². The van der Waals surface area contributed by atoms with E-state index in [2.05, 4.69) is 19.2 Å². The Balaban J connectivity index is 2.08. The number of ether oxygens (including phenoxy) is 2. The minimum Gasteiger partial charge on any atom is -0.493 e. The number of para-hydroxylation sites is 2. The molecule has 2 aromatic rings. The van der Waals surface area contributed by atoms with Gasteiger partial charge in [0.05, 0.1) is 18.9 Å². The van der Waals surface area contributed by atoms with Crippen LogP contribution >= 0.6 is 0 Å². The van der Waals surface area contributed by atoms with Gasteiger partial charge in [0, 0.05) is 5.56 Å². The van der Waals surface area contributed by atoms with Crippen molar-refractivity contribution in [2.24, 2.45) is 5.92 Å². The maximum atomic E-state index is 12.5. The maximum absolute atomic E-state index is 12.5. The standard InChI is InChI=1S/C20H25NO3/c1-4-12-23-19-11-6-5-10-18(19)21-20(22)16-8-7-9-17(13-16)24-14-15(2)3/h5-11,13,15H,4,12,14H2,1-3H3,(H,21,22). The van der Waals surface area contributed by atoms with Crippen LogP contribution in [0.5, 0.6) is 11.5 Å². The fraction of sp³-hybridized carbons (Fsp3) is 0.350. The summed E-state index contributed by atoms with van der Waals surface area (Å²) in [4.78, 5) is 12.5. The molecule has 0 heterocycles. The Labute approximate surface area is 143 Å². The molecule has 0 bridgehead atoms. The van der Waals surface area contributed by atoms with Crippen LogP contribution in [0.2, 0.25) is 0 Å². The van der Waals surface area contributed by atoms with Gasteiger partial charge in [0.2, 0.25) is 0 Å². The third-order valence-corrected chi connectivity index (χ3v) is 3.28. The molecular formula is C20H25NO3. The van der Waals surface area contributed by atoms with E-state index in [0.717, 1.165) is 6.42 Å². The van der Waals surface area contributed by atoms with Gasteiger partial charge in [-0.2, -0.15) is 0 Å². The lowest BCUT2D eigenvalue weighted by Gasteiger charge is -2.13. The van der Waals surface area contributed by atoms with Crippen molar-refractivity contribution in [3.63, 3.8) is 0 Å². The molecule has 4 heteroatoms. The number of carbonyl (C=O) groups excluding carboxylic acids is 1. The van der Waals surface area contributed by atoms with Gasteiger partial charge in [0.1, 0.15) is 11.5 Å². The Morgan fingerprint density at radius 2 is 1.88 bits per heavy atom. The molecule has 0 spiro atoms. The summed E-state index contributed by atoms with van der Waals surface area (Å²) in [5, 5.41) is 2.91. The predicted molar refractivity (Wildman–Crippen MR) is 97.0 cm³/mol. The molecule has 0 fully saturated rings. The first-order valence-corrected chi connectivity index (χ1v) is 8.36. The summed E-state index contributed by atoms with van der Waals surface area (Å²) in [5.74, 6) is 1.63. The molecule has 0 saturated heterocycles. The molecule has 0 unspecified atom stereocenters. The first-order chi connectivity index (χ1) is 11.6. The van der Waals surface area contributed by atoms with Gasteiger partial charge in [-0.15, -0.1) is 0 Å². The molecule has 0 saturated carbocycles. The number of benzene rings is 2. The summed E-state index contributed by atoms with van der Waals surface area (Å²) >= 11 is 0. The Bertz CT molecular complexity index is 667. The van der Waals surface area contributed by atoms with Crippen LogP contribution in [0.1, 0.15) is 37.6 Å². The number of rotatable bonds is 8. The van der Waals surface area contributed by atoms with E-state index in [1.54, 1.807) is 12.1 Å². The number of hydrogen-bond donors (Lipinski definition) is 1. The summed E-state index contributed by atoms with van der Waals surface area (Å²) in [7, 11) is 0. The maximum Gasteiger partial charge on any atom is 0.255 e. The van der Waals surface area contributed by atoms with Crippen molar-refractivity contribution in [3.8, 4) is 11.5 Å². The van der Waals surface area contributed by atoms with Crippen LogP contribution in [0.25, 0.3) is 0 Å². The molecule has 2 rings (SSSR count). The van der Waals surface area contributed by atoms with Crippen molar-refractivity contribution >= 4 is 11.6 Å². The monoisotopic (exact) mass is 327 g/mol. The summed E-state index contributed by atoms with van der Waals surface area (Å²) in [6.45, 7) is 7.46. The zero-order chi connectivity index (χ0) is 17.4. The second-order valence-electron chi connectivity index (χ2n) is 6.03. The van der Waals surface area contributed by atoms with Crippen molar-refractivity contribution in [2.45, 2.75) is 27.2 Å². The minimum absolute atomic E-state index is 0.183. The largest absolute Gasteiger partial charge is 0.493 e. The average Bonchev–Trinajstić information content (AvgIpc) is 2.59. The molecule has 0 radical (unpaired) electrons. The van der Waals surface area contributed by atoms with Crippen molar-refractivity contribution in [1.82, 2.24) is 0 Å². The molecule has 0 atom stereocenters. The molecule has 1 amide bonds. The van der Waals surface area contributed by atoms with Crippen LogP contribution in [0, 0.1) is 5.92 Å². The lowest BCUT2D eigenvalue weighted by molar-refractivity contribution is 0.102. The highest BCUT2D eigenvalue weighted by Crippen LogP contribution is 2.25. The van der Waals surface area contributed by atoms with Gasteiger partial charge in [-0.25, -0.2) is 0 Å². The van der Waals surface area contributed by atoms with Gasteiger partial charge >= 0.3 is 0 Å². The Morgan fingerprint density at radius 3 is 2.62 bits per heavy atom. The predicted octanol–water partition coefficient (Wildman–Crippen LogP) is 4.76. The molecule has 4 nitrogen and oxygen atoms in total. The molecule has 0 aromatic heterocycles. The fourth-order valence-corrected chi connectivity index (χ4v) is 2.09. The highest BCUT2D eigenvalue weighted by atomic mass is 16.5. The first kappa shape index (κ1) is 17.9. The van der Waals surface area contributed by atoms with Gasteiger partial charge in [-0.1, -0.05) is 39.0 Å². The van der Waals surface area contributed by atoms with E-state index in [0.29, 0.717) is 41.9 Å². The number of hydrogen-bond acceptors (Lipinski definition) is 3. The van der Waals surface area contributed by atoms with Crippen LogP contribution < -0.4 is 14.8 Å². The third-order valence-electron chi connectivity index (χ3n) is 3.28. The SMILES string of the molecule is CCCOc1ccccc1NC(=O)c1cccc(OCC(C)C)c1. The molecule has 0 aliphatic rings. The smallest absolute Gasteiger partial charge is 0.255 e. The molecular weight excluding hydrogens is 302 g/mol. The van der Waals surface area contributed by atoms with E-state index < -0.39 is 0 Å². The van der Waals surface area contributed by atoms with Crippen molar-refractivity contribution < 1.29 is 14.3 Å². The first-order valence-electron chi connectivity index (χ1n) is 8.36. The molecule has 0 aliphatic heterocycles. The van der Waals surface area contributed by atoms with E-state index in [4.69, 9.17) is 9.47 Å². The van der Waals surface area contributed by atoms with Crippen molar-refractivity contribution in [2.75, 3.05) is 18.5 Å². The highest BCUT2D eigenvalue weighted by Gasteiger charge is 2.11. The molecule has 24 heavy (non-hydrogen) atoms. The molecule has 0 aliphatic carbocycles. The highest BCUT2D eigenvalue weighted by molar-refractivity contribution is 6.05. The summed E-state index contributed by atoms with van der Waals surface area (Å²) in [6, 6.07) is 14.7. The summed E-state index contributed by atoms with van der Waals surface area (Å²) < 4.78 is 11.4. The summed E-state index contributed by atoms with van der Waals surface area (Å²) in [6.07, 6.45) is 0.914. The lowest BCUT2D eigenvalue weighted by Crippen LogP contribution is -2.13. The average molecular weight is 327 g/mol. The van der Waals surface area contributed by atoms with Crippen LogP contribution in [0.3, 0.4) is 0 Å². The van der Waals surface area contributed by atoms with Crippen molar-refractivity contribution in [3.05, 3.63) is 54.1 Å². The van der Waals surface area contributed by atoms with Crippen LogP contribution in [0.15, 0.2) is 48.5 Å². The Hall–Kier alpha value is -2.49. The van der Waals surface area contributed by atoms with Crippen LogP contribution in [0.4, 0.5) is 5.69 Å². The van der Waals surface area contributed by atoms with E-state index in [-0.39, 0.29) is 5.91 Å². The quantitative estimate of drug-likeness (QED) is 0.760. The van der Waals surface area contributed by atoms with Crippen LogP contribution in [-0.4, -0.2) is 19.1 Å². The van der Waals surface area contributed by atoms with Gasteiger partial charge < -0.3 is 14.8 Å². The third kappa shape index (κ3) is 5.30. The zero-order valence-electron chi connectivity index (χ0n) is 14.5. The minimum atomic E-state index is -0.183. The van der Waals surface area contributed by atoms with E-state index in [9.17, 15) is 4.79 Å². The molecule has 2 aromatic carbocycles. The van der Waals surface area contributed by atoms with Crippen LogP contribution in [-0.2, 0) is 0 Å². The number of nitrogens with one attached hydrogen (secondary N) is 1. The van der Waals surface area contributed by atoms with Gasteiger partial charge in [-0.3, -0.25) is 4.79 Å². The Kier molecular flexibility index (Phi) is 6.67. The number of carbonyl (C=O) groups is 1. The van der Waals surface area contributed by atoms with Crippen molar-refractivity contribution in [1.29, 1.82) is 0 Å². The Morgan fingerprint density at radius 1 is 1.08 bits per heavy atom. The number of anilines is 1. The molecule has 128 valence electrons. The van der Waals surface area contributed by atoms with E-state index in [1.165, 1.54) is 0 Å². The lowest BCUT2D eigenvalue weighted by atomic mass is 10.2. The fourth-order valence-electron chi connectivity index (χ4n) is 2.09. The van der Waals surface area contributed by atoms with E-state index >= 15 is 0 Å².